The Morgan fingerprint density at radius 1 is 0.783 bits per heavy atom. The second-order valence-electron chi connectivity index (χ2n) is 9.08. The molecule has 0 amide bonds. The van der Waals surface area contributed by atoms with Crippen LogP contribution in [0.4, 0.5) is 0 Å². The summed E-state index contributed by atoms with van der Waals surface area (Å²) in [6, 6.07) is 4.86. The van der Waals surface area contributed by atoms with Crippen LogP contribution in [-0.4, -0.2) is 11.4 Å². The third-order valence-electron chi connectivity index (χ3n) is 3.84. The van der Waals surface area contributed by atoms with Gasteiger partial charge in [0.15, 0.2) is 0 Å². The molecule has 0 N–H and O–H groups in total. The zero-order valence-corrected chi connectivity index (χ0v) is 18.7. The first-order valence-corrected chi connectivity index (χ1v) is 10.1. The van der Waals surface area contributed by atoms with Crippen LogP contribution in [0.15, 0.2) is 12.1 Å². The van der Waals surface area contributed by atoms with Gasteiger partial charge in [-0.2, -0.15) is 0 Å². The van der Waals surface area contributed by atoms with Crippen molar-refractivity contribution >= 4 is 30.4 Å². The maximum Gasteiger partial charge on any atom is 1.00 e. The second kappa shape index (κ2) is 8.14. The van der Waals surface area contributed by atoms with Gasteiger partial charge in [0.05, 0.1) is 0 Å². The summed E-state index contributed by atoms with van der Waals surface area (Å²) in [5.74, 6) is 0. The van der Waals surface area contributed by atoms with E-state index in [9.17, 15) is 0 Å². The van der Waals surface area contributed by atoms with Gasteiger partial charge in [0.2, 0.25) is 0 Å². The van der Waals surface area contributed by atoms with Crippen LogP contribution in [-0.2, 0) is 16.2 Å². The number of rotatable bonds is 2. The topological polar surface area (TPSA) is 0 Å². The third-order valence-corrected chi connectivity index (χ3v) is 5.64. The van der Waals surface area contributed by atoms with Crippen LogP contribution in [0, 0.1) is 0 Å². The molecule has 3 heteroatoms. The number of thioether (sulfide) groups is 1. The summed E-state index contributed by atoms with van der Waals surface area (Å²) >= 11 is 1.68. The van der Waals surface area contributed by atoms with E-state index in [-0.39, 0.29) is 35.1 Å². The Hall–Kier alpha value is 0.337. The zero-order valence-electron chi connectivity index (χ0n) is 17.0. The molecule has 0 unspecified atom stereocenters. The fourth-order valence-electron chi connectivity index (χ4n) is 2.42. The fourth-order valence-corrected chi connectivity index (χ4v) is 4.19. The molecule has 0 bridgehead atoms. The van der Waals surface area contributed by atoms with Crippen molar-refractivity contribution in [3.63, 3.8) is 0 Å². The van der Waals surface area contributed by atoms with Crippen molar-refractivity contribution in [1.29, 1.82) is 0 Å². The first-order chi connectivity index (χ1) is 9.78. The molecule has 0 saturated heterocycles. The van der Waals surface area contributed by atoms with E-state index in [0.29, 0.717) is 0 Å². The number of benzene rings is 1. The molecular weight excluding hydrogens is 310 g/mol. The van der Waals surface area contributed by atoms with Crippen LogP contribution < -0.4 is 24.2 Å². The second-order valence-corrected chi connectivity index (χ2v) is 10.9. The monoisotopic (exact) mass is 342 g/mol. The van der Waals surface area contributed by atoms with E-state index in [1.54, 1.807) is 11.8 Å². The molecule has 0 aliphatic carbocycles. The van der Waals surface area contributed by atoms with Crippen LogP contribution in [0.25, 0.3) is 0 Å². The van der Waals surface area contributed by atoms with Crippen LogP contribution in [0.1, 0.15) is 79.0 Å². The molecule has 0 saturated carbocycles. The molecule has 0 fully saturated rings. The molecule has 1 aromatic rings. The first-order valence-electron chi connectivity index (χ1n) is 7.96. The molecule has 124 valence electrons. The van der Waals surface area contributed by atoms with Gasteiger partial charge in [-0.05, 0) is 44.5 Å². The maximum absolute atomic E-state index is 3.44. The predicted molar refractivity (Wildman–Crippen MR) is 108 cm³/mol. The Labute approximate surface area is 162 Å². The molecule has 0 aliphatic rings. The van der Waals surface area contributed by atoms with E-state index in [4.69, 9.17) is 0 Å². The van der Waals surface area contributed by atoms with Gasteiger partial charge in [-0.15, -0.1) is 0 Å². The normalized spacial score (nSPS) is 13.3. The van der Waals surface area contributed by atoms with Gasteiger partial charge in [0.25, 0.3) is 0 Å². The van der Waals surface area contributed by atoms with E-state index in [2.05, 4.69) is 85.8 Å². The van der Waals surface area contributed by atoms with Crippen LogP contribution in [0.2, 0.25) is 0 Å². The van der Waals surface area contributed by atoms with Crippen molar-refractivity contribution in [1.82, 2.24) is 0 Å². The van der Waals surface area contributed by atoms with E-state index in [1.165, 1.54) is 30.2 Å². The van der Waals surface area contributed by atoms with E-state index in [1.807, 2.05) is 0 Å². The quantitative estimate of drug-likeness (QED) is 0.452. The summed E-state index contributed by atoms with van der Waals surface area (Å²) in [4.78, 5) is 0. The molecule has 1 aromatic carbocycles. The minimum Gasteiger partial charge on any atom is -0.399 e. The van der Waals surface area contributed by atoms with Crippen LogP contribution in [0.3, 0.4) is 0 Å². The van der Waals surface area contributed by atoms with Crippen LogP contribution in [0.5, 0.6) is 0 Å². The zero-order chi connectivity index (χ0) is 17.3. The molecular formula is C20H32LiPS. The van der Waals surface area contributed by atoms with Crippen molar-refractivity contribution in [3.05, 3.63) is 28.8 Å². The average Bonchev–Trinajstić information content (AvgIpc) is 2.31. The van der Waals surface area contributed by atoms with Crippen molar-refractivity contribution < 1.29 is 18.9 Å². The van der Waals surface area contributed by atoms with Gasteiger partial charge in [-0.1, -0.05) is 74.4 Å². The Bertz CT molecular complexity index is 519. The van der Waals surface area contributed by atoms with Crippen LogP contribution >= 0.6 is 20.0 Å². The summed E-state index contributed by atoms with van der Waals surface area (Å²) in [7, 11) is 1.20. The van der Waals surface area contributed by atoms with Crippen molar-refractivity contribution in [3.8, 4) is 0 Å². The Kier molecular flexibility index (Phi) is 8.26. The summed E-state index contributed by atoms with van der Waals surface area (Å²) < 4.78 is 0. The van der Waals surface area contributed by atoms with E-state index in [0.717, 1.165) is 0 Å². The van der Waals surface area contributed by atoms with E-state index >= 15 is 0 Å². The third kappa shape index (κ3) is 6.29. The Morgan fingerprint density at radius 2 is 1.17 bits per heavy atom. The Morgan fingerprint density at radius 3 is 1.43 bits per heavy atom. The average molecular weight is 342 g/mol. The molecule has 0 aliphatic heterocycles. The minimum absolute atomic E-state index is 0. The van der Waals surface area contributed by atoms with Gasteiger partial charge in [-0.3, -0.25) is 8.20 Å². The van der Waals surface area contributed by atoms with Gasteiger partial charge in [-0.25, -0.2) is 0 Å². The molecule has 0 heterocycles. The Balaban J connectivity index is 0.00000484. The molecule has 0 atom stereocenters. The van der Waals surface area contributed by atoms with Crippen molar-refractivity contribution in [2.24, 2.45) is 0 Å². The van der Waals surface area contributed by atoms with Crippen molar-refractivity contribution in [2.45, 2.75) is 78.6 Å². The SMILES string of the molecule is CS[C-]=Pc1c(C(C)(C)C)cc(C(C)(C)C)cc1C(C)(C)C.[Li+]. The van der Waals surface area contributed by atoms with Gasteiger partial charge in [0.1, 0.15) is 0 Å². The molecule has 0 aromatic heterocycles. The summed E-state index contributed by atoms with van der Waals surface area (Å²) in [6.45, 7) is 20.8. The molecule has 0 spiro atoms. The van der Waals surface area contributed by atoms with Gasteiger partial charge >= 0.3 is 18.9 Å². The molecule has 0 nitrogen and oxygen atoms in total. The standard InChI is InChI=1S/C20H32PS.Li/c1-18(2,3)14-11-15(19(4,5)6)17(21-13-22-10)16(12-14)20(7,8)9;/h11-12H,1-10H3;/q-1;+1. The summed E-state index contributed by atoms with van der Waals surface area (Å²) in [5.41, 5.74) is 4.82. The smallest absolute Gasteiger partial charge is 0.399 e. The van der Waals surface area contributed by atoms with E-state index < -0.39 is 0 Å². The van der Waals surface area contributed by atoms with Gasteiger partial charge < -0.3 is 16.9 Å². The summed E-state index contributed by atoms with van der Waals surface area (Å²) in [6.07, 6.45) is 2.09. The molecule has 23 heavy (non-hydrogen) atoms. The maximum atomic E-state index is 3.44. The predicted octanol–water partition coefficient (Wildman–Crippen LogP) is 3.15. The number of hydrogen-bond donors (Lipinski definition) is 0. The molecule has 1 rings (SSSR count). The van der Waals surface area contributed by atoms with Crippen molar-refractivity contribution in [2.75, 3.05) is 6.26 Å². The van der Waals surface area contributed by atoms with Gasteiger partial charge in [0, 0.05) is 0 Å². The number of hydrogen-bond acceptors (Lipinski definition) is 1. The summed E-state index contributed by atoms with van der Waals surface area (Å²) in [5, 5.41) is 4.88. The minimum atomic E-state index is 0. The fraction of sp³-hybridized carbons (Fsp3) is 0.650. The first kappa shape index (κ1) is 23.3. The largest absolute Gasteiger partial charge is 1.00 e. The molecule has 0 radical (unpaired) electrons.